The van der Waals surface area contributed by atoms with Gasteiger partial charge in [-0.05, 0) is 43.1 Å². The van der Waals surface area contributed by atoms with E-state index in [4.69, 9.17) is 0 Å². The number of benzene rings is 1. The third-order valence-electron chi connectivity index (χ3n) is 4.65. The Kier molecular flexibility index (Phi) is 3.58. The molecule has 1 aromatic carbocycles. The Hall–Kier alpha value is -2.27. The van der Waals surface area contributed by atoms with E-state index >= 15 is 0 Å². The molecule has 23 heavy (non-hydrogen) atoms. The second-order valence-electron chi connectivity index (χ2n) is 6.18. The standard InChI is InChI=1S/C18H19FN4/c1-22-11-14(10-21-22)17-5-3-9-23(17)12-13-6-7-16(19)15-4-2-8-20-18(13)15/h2,4,6-8,10-11,17H,3,5,9,12H2,1H3/t17-/m1/s1. The molecule has 2 aromatic heterocycles. The van der Waals surface area contributed by atoms with E-state index in [2.05, 4.69) is 21.2 Å². The van der Waals surface area contributed by atoms with E-state index in [1.165, 1.54) is 12.0 Å². The molecule has 1 aliphatic rings. The third kappa shape index (κ3) is 2.61. The van der Waals surface area contributed by atoms with Crippen molar-refractivity contribution in [3.63, 3.8) is 0 Å². The van der Waals surface area contributed by atoms with Crippen LogP contribution in [0.3, 0.4) is 0 Å². The molecule has 0 bridgehead atoms. The smallest absolute Gasteiger partial charge is 0.132 e. The van der Waals surface area contributed by atoms with Crippen molar-refractivity contribution in [3.8, 4) is 0 Å². The van der Waals surface area contributed by atoms with Crippen molar-refractivity contribution in [1.29, 1.82) is 0 Å². The maximum Gasteiger partial charge on any atom is 0.132 e. The predicted molar refractivity (Wildman–Crippen MR) is 87.3 cm³/mol. The van der Waals surface area contributed by atoms with Crippen molar-refractivity contribution in [2.75, 3.05) is 6.54 Å². The summed E-state index contributed by atoms with van der Waals surface area (Å²) >= 11 is 0. The van der Waals surface area contributed by atoms with Gasteiger partial charge in [-0.1, -0.05) is 6.07 Å². The highest BCUT2D eigenvalue weighted by Gasteiger charge is 2.27. The first-order chi connectivity index (χ1) is 11.2. The Balaban J connectivity index is 1.66. The minimum Gasteiger partial charge on any atom is -0.292 e. The molecule has 0 radical (unpaired) electrons. The molecule has 1 aliphatic heterocycles. The van der Waals surface area contributed by atoms with Crippen LogP contribution in [0.25, 0.3) is 10.9 Å². The Morgan fingerprint density at radius 3 is 3.04 bits per heavy atom. The van der Waals surface area contributed by atoms with Gasteiger partial charge in [-0.3, -0.25) is 14.6 Å². The summed E-state index contributed by atoms with van der Waals surface area (Å²) in [7, 11) is 1.94. The van der Waals surface area contributed by atoms with Crippen molar-refractivity contribution >= 4 is 10.9 Å². The zero-order valence-electron chi connectivity index (χ0n) is 13.1. The van der Waals surface area contributed by atoms with E-state index in [1.807, 2.05) is 24.0 Å². The van der Waals surface area contributed by atoms with Gasteiger partial charge in [-0.25, -0.2) is 4.39 Å². The van der Waals surface area contributed by atoms with E-state index in [0.29, 0.717) is 11.4 Å². The summed E-state index contributed by atoms with van der Waals surface area (Å²) in [6, 6.07) is 7.37. The van der Waals surface area contributed by atoms with Gasteiger partial charge in [0.1, 0.15) is 5.82 Å². The fourth-order valence-corrected chi connectivity index (χ4v) is 3.55. The number of pyridine rings is 1. The van der Waals surface area contributed by atoms with Crippen LogP contribution in [0.5, 0.6) is 0 Å². The first kappa shape index (κ1) is 14.3. The minimum atomic E-state index is -0.206. The lowest BCUT2D eigenvalue weighted by molar-refractivity contribution is 0.249. The van der Waals surface area contributed by atoms with Crippen molar-refractivity contribution in [2.24, 2.45) is 7.05 Å². The highest BCUT2D eigenvalue weighted by Crippen LogP contribution is 2.33. The van der Waals surface area contributed by atoms with E-state index in [0.717, 1.165) is 30.6 Å². The van der Waals surface area contributed by atoms with Gasteiger partial charge in [0.2, 0.25) is 0 Å². The molecule has 3 aromatic rings. The molecule has 0 N–H and O–H groups in total. The van der Waals surface area contributed by atoms with Gasteiger partial charge >= 0.3 is 0 Å². The highest BCUT2D eigenvalue weighted by atomic mass is 19.1. The van der Waals surface area contributed by atoms with Crippen LogP contribution in [-0.4, -0.2) is 26.2 Å². The topological polar surface area (TPSA) is 34.0 Å². The van der Waals surface area contributed by atoms with Gasteiger partial charge in [-0.2, -0.15) is 5.10 Å². The summed E-state index contributed by atoms with van der Waals surface area (Å²) in [5, 5.41) is 4.89. The van der Waals surface area contributed by atoms with Gasteiger partial charge in [0.25, 0.3) is 0 Å². The summed E-state index contributed by atoms with van der Waals surface area (Å²) in [4.78, 5) is 6.85. The average molecular weight is 310 g/mol. The van der Waals surface area contributed by atoms with Gasteiger partial charge in [-0.15, -0.1) is 0 Å². The van der Waals surface area contributed by atoms with Gasteiger partial charge < -0.3 is 0 Å². The molecular formula is C18H19FN4. The fourth-order valence-electron chi connectivity index (χ4n) is 3.55. The normalized spacial score (nSPS) is 18.8. The minimum absolute atomic E-state index is 0.206. The van der Waals surface area contributed by atoms with E-state index in [1.54, 1.807) is 24.4 Å². The zero-order valence-corrected chi connectivity index (χ0v) is 13.1. The number of rotatable bonds is 3. The predicted octanol–water partition coefficient (Wildman–Crippen LogP) is 3.44. The Morgan fingerprint density at radius 1 is 1.30 bits per heavy atom. The number of nitrogens with zero attached hydrogens (tertiary/aromatic N) is 4. The second kappa shape index (κ2) is 5.74. The molecule has 0 saturated carbocycles. The molecule has 5 heteroatoms. The first-order valence-corrected chi connectivity index (χ1v) is 7.97. The molecule has 0 aliphatic carbocycles. The largest absolute Gasteiger partial charge is 0.292 e. The van der Waals surface area contributed by atoms with Crippen LogP contribution in [0.4, 0.5) is 4.39 Å². The van der Waals surface area contributed by atoms with E-state index in [9.17, 15) is 4.39 Å². The van der Waals surface area contributed by atoms with E-state index < -0.39 is 0 Å². The molecule has 118 valence electrons. The molecule has 4 rings (SSSR count). The van der Waals surface area contributed by atoms with Crippen LogP contribution in [0.2, 0.25) is 0 Å². The van der Waals surface area contributed by atoms with Gasteiger partial charge in [0.05, 0.1) is 11.7 Å². The molecular weight excluding hydrogens is 291 g/mol. The van der Waals surface area contributed by atoms with Crippen LogP contribution in [-0.2, 0) is 13.6 Å². The molecule has 0 unspecified atom stereocenters. The lowest BCUT2D eigenvalue weighted by Crippen LogP contribution is -2.22. The maximum absolute atomic E-state index is 14.0. The molecule has 1 saturated heterocycles. The lowest BCUT2D eigenvalue weighted by atomic mass is 10.1. The Morgan fingerprint density at radius 2 is 2.22 bits per heavy atom. The average Bonchev–Trinajstić information content (AvgIpc) is 3.19. The van der Waals surface area contributed by atoms with Crippen molar-refractivity contribution in [3.05, 3.63) is 59.8 Å². The first-order valence-electron chi connectivity index (χ1n) is 7.97. The van der Waals surface area contributed by atoms with Crippen LogP contribution in [0.1, 0.15) is 30.0 Å². The summed E-state index contributed by atoms with van der Waals surface area (Å²) in [5.41, 5.74) is 3.10. The third-order valence-corrected chi connectivity index (χ3v) is 4.65. The summed E-state index contributed by atoms with van der Waals surface area (Å²) in [6.07, 6.45) is 8.08. The number of likely N-dealkylation sites (tertiary alicyclic amines) is 1. The Labute approximate surface area is 134 Å². The van der Waals surface area contributed by atoms with Gasteiger partial charge in [0, 0.05) is 43.0 Å². The van der Waals surface area contributed by atoms with Crippen molar-refractivity contribution in [1.82, 2.24) is 19.7 Å². The molecule has 4 nitrogen and oxygen atoms in total. The van der Waals surface area contributed by atoms with Crippen LogP contribution < -0.4 is 0 Å². The monoisotopic (exact) mass is 310 g/mol. The Bertz CT molecular complexity index is 842. The molecule has 3 heterocycles. The summed E-state index contributed by atoms with van der Waals surface area (Å²) in [6.45, 7) is 1.83. The fraction of sp³-hybridized carbons (Fsp3) is 0.333. The number of hydrogen-bond donors (Lipinski definition) is 0. The zero-order chi connectivity index (χ0) is 15.8. The molecule has 1 fully saturated rings. The number of fused-ring (bicyclic) bond motifs is 1. The van der Waals surface area contributed by atoms with Crippen LogP contribution in [0.15, 0.2) is 42.9 Å². The van der Waals surface area contributed by atoms with Gasteiger partial charge in [0.15, 0.2) is 0 Å². The molecule has 0 amide bonds. The lowest BCUT2D eigenvalue weighted by Gasteiger charge is -2.24. The number of halogens is 1. The van der Waals surface area contributed by atoms with Crippen LogP contribution in [0, 0.1) is 5.82 Å². The SMILES string of the molecule is Cn1cc([C@H]2CCCN2Cc2ccc(F)c3cccnc23)cn1. The second-order valence-corrected chi connectivity index (χ2v) is 6.18. The maximum atomic E-state index is 14.0. The summed E-state index contributed by atoms with van der Waals surface area (Å²) < 4.78 is 15.8. The quantitative estimate of drug-likeness (QED) is 0.743. The number of hydrogen-bond acceptors (Lipinski definition) is 3. The summed E-state index contributed by atoms with van der Waals surface area (Å²) in [5.74, 6) is -0.206. The molecule has 1 atom stereocenters. The van der Waals surface area contributed by atoms with Crippen molar-refractivity contribution < 1.29 is 4.39 Å². The highest BCUT2D eigenvalue weighted by molar-refractivity contribution is 5.82. The number of aryl methyl sites for hydroxylation is 1. The number of aromatic nitrogens is 3. The van der Waals surface area contributed by atoms with Crippen molar-refractivity contribution in [2.45, 2.75) is 25.4 Å². The van der Waals surface area contributed by atoms with E-state index in [-0.39, 0.29) is 5.82 Å². The van der Waals surface area contributed by atoms with Crippen LogP contribution >= 0.6 is 0 Å². The molecule has 0 spiro atoms.